The number of esters is 1. The number of hydrogen-bond donors (Lipinski definition) is 3. The molecule has 0 aromatic heterocycles. The highest BCUT2D eigenvalue weighted by Gasteiger charge is 2.49. The van der Waals surface area contributed by atoms with Crippen LogP contribution in [0.2, 0.25) is 0 Å². The summed E-state index contributed by atoms with van der Waals surface area (Å²) in [6.45, 7) is 24.3. The molecule has 1 atom stereocenters. The molecule has 0 fully saturated rings. The van der Waals surface area contributed by atoms with Gasteiger partial charge in [0.15, 0.2) is 0 Å². The van der Waals surface area contributed by atoms with E-state index in [1.165, 1.54) is 185 Å². The summed E-state index contributed by atoms with van der Waals surface area (Å²) in [5, 5.41) is 12.8. The third-order valence-corrected chi connectivity index (χ3v) is 13.8. The Kier molecular flexibility index (Phi) is 45.1. The predicted molar refractivity (Wildman–Crippen MR) is 337 cm³/mol. The van der Waals surface area contributed by atoms with E-state index in [0.29, 0.717) is 38.8 Å². The molecule has 0 spiro atoms. The molecule has 0 aliphatic heterocycles. The van der Waals surface area contributed by atoms with Crippen molar-refractivity contribution in [2.45, 2.75) is 336 Å². The monoisotopic (exact) mass is 1140 g/mol. The Morgan fingerprint density at radius 3 is 1.10 bits per heavy atom. The molecule has 0 radical (unpaired) electrons. The second kappa shape index (κ2) is 47.4. The Hall–Kier alpha value is -3.97. The van der Waals surface area contributed by atoms with Gasteiger partial charge in [-0.25, -0.2) is 19.2 Å². The summed E-state index contributed by atoms with van der Waals surface area (Å²) in [5.74, 6) is -0.535. The first-order valence-corrected chi connectivity index (χ1v) is 32.6. The first-order chi connectivity index (χ1) is 38.4. The Labute approximate surface area is 496 Å². The van der Waals surface area contributed by atoms with E-state index in [1.807, 2.05) is 20.8 Å². The van der Waals surface area contributed by atoms with Gasteiger partial charge in [0.05, 0.1) is 0 Å². The van der Waals surface area contributed by atoms with E-state index in [-0.39, 0.29) is 26.1 Å². The van der Waals surface area contributed by atoms with E-state index in [4.69, 9.17) is 24.5 Å². The summed E-state index contributed by atoms with van der Waals surface area (Å²) < 4.78 is 23.0. The Bertz CT molecular complexity index is 1710. The largest absolute Gasteiger partial charge is 0.458 e. The first-order valence-electron chi connectivity index (χ1n) is 32.6. The van der Waals surface area contributed by atoms with Crippen LogP contribution in [0.3, 0.4) is 0 Å². The molecule has 0 aliphatic rings. The third kappa shape index (κ3) is 50.3. The zero-order valence-corrected chi connectivity index (χ0v) is 54.4. The molecule has 0 aromatic carbocycles. The minimum atomic E-state index is -1.44. The van der Waals surface area contributed by atoms with Crippen LogP contribution in [0.4, 0.5) is 14.4 Å². The molecule has 0 saturated heterocycles. The smallest absolute Gasteiger partial charge is 0.411 e. The van der Waals surface area contributed by atoms with Gasteiger partial charge in [-0.15, -0.1) is 0 Å². The summed E-state index contributed by atoms with van der Waals surface area (Å²) >= 11 is 0. The van der Waals surface area contributed by atoms with Crippen molar-refractivity contribution in [2.75, 3.05) is 39.3 Å². The third-order valence-electron chi connectivity index (χ3n) is 13.8. The first kappa shape index (κ1) is 77.0. The molecule has 0 heterocycles. The van der Waals surface area contributed by atoms with Gasteiger partial charge in [-0.3, -0.25) is 4.90 Å². The van der Waals surface area contributed by atoms with Crippen LogP contribution in [0.5, 0.6) is 0 Å². The van der Waals surface area contributed by atoms with E-state index in [9.17, 15) is 19.2 Å². The summed E-state index contributed by atoms with van der Waals surface area (Å²) in [4.78, 5) is 58.3. The van der Waals surface area contributed by atoms with Crippen LogP contribution in [-0.4, -0.2) is 96.4 Å². The SMILES string of the molecule is CC(C)(C)OC(=O)NCCCN(C(=O)OC(C)(C)C)C(CCCNCCCCCCCCCCCC=CCCCCCCCCCCC=CCCCCCCCCCCCN=[N+]=[N-])(CCCNC(=O)OC(C)(C)C)C(=O)OC(C)(C)C. The number of ether oxygens (including phenoxy) is 4. The van der Waals surface area contributed by atoms with E-state index in [0.717, 1.165) is 19.4 Å². The molecule has 3 amide bonds. The van der Waals surface area contributed by atoms with Gasteiger partial charge in [0.1, 0.15) is 27.9 Å². The van der Waals surface area contributed by atoms with E-state index in [2.05, 4.69) is 50.3 Å². The van der Waals surface area contributed by atoms with Gasteiger partial charge in [0.25, 0.3) is 0 Å². The highest BCUT2D eigenvalue weighted by atomic mass is 16.6. The fourth-order valence-electron chi connectivity index (χ4n) is 9.67. The molecule has 472 valence electrons. The lowest BCUT2D eigenvalue weighted by Crippen LogP contribution is -2.60. The van der Waals surface area contributed by atoms with Gasteiger partial charge in [0, 0.05) is 31.1 Å². The van der Waals surface area contributed by atoms with Gasteiger partial charge in [-0.05, 0) is 198 Å². The van der Waals surface area contributed by atoms with Crippen LogP contribution >= 0.6 is 0 Å². The number of rotatable bonds is 49. The molecule has 0 rings (SSSR count). The fraction of sp³-hybridized carbons (Fsp3) is 0.879. The van der Waals surface area contributed by atoms with E-state index in [1.54, 1.807) is 62.3 Å². The maximum absolute atomic E-state index is 14.6. The predicted octanol–water partition coefficient (Wildman–Crippen LogP) is 19.0. The van der Waals surface area contributed by atoms with Crippen LogP contribution in [0.25, 0.3) is 10.4 Å². The van der Waals surface area contributed by atoms with Gasteiger partial charge in [-0.2, -0.15) is 0 Å². The van der Waals surface area contributed by atoms with Crippen molar-refractivity contribution in [3.63, 3.8) is 0 Å². The molecule has 3 N–H and O–H groups in total. The fourth-order valence-corrected chi connectivity index (χ4v) is 9.67. The molecule has 1 unspecified atom stereocenters. The highest BCUT2D eigenvalue weighted by Crippen LogP contribution is 2.33. The average molecular weight is 1140 g/mol. The topological polar surface area (TPSA) is 193 Å². The normalized spacial score (nSPS) is 13.0. The second-order valence-corrected chi connectivity index (χ2v) is 26.6. The molecular weight excluding hydrogens is 1020 g/mol. The zero-order chi connectivity index (χ0) is 60.6. The number of carbonyl (C=O) groups excluding carboxylic acids is 4. The van der Waals surface area contributed by atoms with Crippen LogP contribution in [0.1, 0.15) is 308 Å². The zero-order valence-electron chi connectivity index (χ0n) is 54.4. The minimum absolute atomic E-state index is 0.101. The number of amides is 3. The van der Waals surface area contributed by atoms with Crippen molar-refractivity contribution in [1.82, 2.24) is 20.9 Å². The Balaban J connectivity index is 4.58. The lowest BCUT2D eigenvalue weighted by atomic mass is 9.85. The number of azide groups is 1. The number of allylic oxidation sites excluding steroid dienone is 4. The van der Waals surface area contributed by atoms with Crippen molar-refractivity contribution in [2.24, 2.45) is 5.11 Å². The quantitative estimate of drug-likeness (QED) is 0.0101. The summed E-state index contributed by atoms with van der Waals surface area (Å²) in [6, 6.07) is 0. The number of unbranched alkanes of at least 4 members (excludes halogenated alkanes) is 27. The Morgan fingerprint density at radius 1 is 0.407 bits per heavy atom. The summed E-state index contributed by atoms with van der Waals surface area (Å²) in [5.41, 5.74) is 3.84. The highest BCUT2D eigenvalue weighted by molar-refractivity contribution is 5.86. The van der Waals surface area contributed by atoms with Gasteiger partial charge in [0.2, 0.25) is 0 Å². The summed E-state index contributed by atoms with van der Waals surface area (Å²) in [7, 11) is 0. The van der Waals surface area contributed by atoms with Gasteiger partial charge >= 0.3 is 24.2 Å². The molecule has 81 heavy (non-hydrogen) atoms. The van der Waals surface area contributed by atoms with Crippen molar-refractivity contribution in [3.8, 4) is 0 Å². The number of hydrogen-bond acceptors (Lipinski definition) is 10. The van der Waals surface area contributed by atoms with Crippen molar-refractivity contribution < 1.29 is 38.1 Å². The number of nitrogens with zero attached hydrogens (tertiary/aromatic N) is 4. The molecule has 0 aliphatic carbocycles. The molecule has 0 saturated carbocycles. The minimum Gasteiger partial charge on any atom is -0.458 e. The van der Waals surface area contributed by atoms with Crippen LogP contribution in [-0.2, 0) is 23.7 Å². The lowest BCUT2D eigenvalue weighted by molar-refractivity contribution is -0.171. The maximum Gasteiger partial charge on any atom is 0.411 e. The standard InChI is InChI=1S/C66H125N7O8/c1-62(2,3)78-58(74)66(51-48-54-69-59(75)79-63(4,5)6,73(61(77)81-65(10,11)12)57-49-55-70-60(76)80-64(7,8)9)50-47-53-68-52-45-43-41-39-37-35-33-31-29-27-25-23-21-19-17-15-13-14-16-18-20-22-24-26-28-30-32-34-36-38-40-42-44-46-56-71-72-67/h23-26,68H,13-22,27-57H2,1-12H3,(H,69,75)(H,70,76). The van der Waals surface area contributed by atoms with Crippen molar-refractivity contribution >= 4 is 24.2 Å². The molecule has 0 bridgehead atoms. The average Bonchev–Trinajstić information content (AvgIpc) is 3.36. The van der Waals surface area contributed by atoms with Crippen molar-refractivity contribution in [1.29, 1.82) is 0 Å². The second-order valence-electron chi connectivity index (χ2n) is 26.6. The summed E-state index contributed by atoms with van der Waals surface area (Å²) in [6.07, 6.45) is 48.3. The van der Waals surface area contributed by atoms with E-state index >= 15 is 0 Å². The molecule has 15 nitrogen and oxygen atoms in total. The number of nitrogens with one attached hydrogen (secondary N) is 3. The Morgan fingerprint density at radius 2 is 0.728 bits per heavy atom. The van der Waals surface area contributed by atoms with Crippen LogP contribution in [0.15, 0.2) is 29.4 Å². The van der Waals surface area contributed by atoms with Crippen molar-refractivity contribution in [3.05, 3.63) is 34.7 Å². The van der Waals surface area contributed by atoms with Gasteiger partial charge < -0.3 is 34.9 Å². The number of carbonyl (C=O) groups is 4. The van der Waals surface area contributed by atoms with Crippen LogP contribution < -0.4 is 16.0 Å². The van der Waals surface area contributed by atoms with Gasteiger partial charge in [-0.1, -0.05) is 158 Å². The lowest BCUT2D eigenvalue weighted by Gasteiger charge is -2.44. The number of alkyl carbamates (subject to hydrolysis) is 2. The maximum atomic E-state index is 14.6. The van der Waals surface area contributed by atoms with Crippen LogP contribution in [0, 0.1) is 0 Å². The molecule has 15 heteroatoms. The molecular formula is C66H125N7O8. The van der Waals surface area contributed by atoms with E-state index < -0.39 is 52.2 Å². The molecule has 0 aromatic rings.